The average Bonchev–Trinajstić information content (AvgIpc) is 2.28. The van der Waals surface area contributed by atoms with E-state index in [9.17, 15) is 0 Å². The molecule has 0 saturated heterocycles. The zero-order valence-corrected chi connectivity index (χ0v) is 10.0. The summed E-state index contributed by atoms with van der Waals surface area (Å²) in [6.07, 6.45) is 4.61. The van der Waals surface area contributed by atoms with Crippen LogP contribution in [0.2, 0.25) is 5.02 Å². The van der Waals surface area contributed by atoms with E-state index in [1.807, 2.05) is 30.6 Å². The molecule has 0 radical (unpaired) electrons. The highest BCUT2D eigenvalue weighted by atomic mass is 35.5. The number of hydrogen-bond acceptors (Lipinski definition) is 2. The largest absolute Gasteiger partial charge is 0.330 e. The van der Waals surface area contributed by atoms with Crippen molar-refractivity contribution in [2.45, 2.75) is 13.3 Å². The van der Waals surface area contributed by atoms with E-state index in [1.54, 1.807) is 0 Å². The van der Waals surface area contributed by atoms with Crippen molar-refractivity contribution in [1.29, 1.82) is 0 Å². The van der Waals surface area contributed by atoms with E-state index < -0.39 is 0 Å². The van der Waals surface area contributed by atoms with E-state index in [0.29, 0.717) is 12.5 Å². The molecule has 1 unspecified atom stereocenters. The quantitative estimate of drug-likeness (QED) is 0.887. The van der Waals surface area contributed by atoms with Gasteiger partial charge in [-0.1, -0.05) is 18.5 Å². The molecule has 0 aliphatic carbocycles. The third-order valence-corrected chi connectivity index (χ3v) is 2.99. The van der Waals surface area contributed by atoms with Crippen molar-refractivity contribution >= 4 is 22.4 Å². The van der Waals surface area contributed by atoms with Crippen LogP contribution in [0, 0.1) is 5.92 Å². The second-order valence-corrected chi connectivity index (χ2v) is 4.64. The topological polar surface area (TPSA) is 38.9 Å². The maximum atomic E-state index is 6.09. The molecule has 0 bridgehead atoms. The van der Waals surface area contributed by atoms with E-state index in [2.05, 4.69) is 11.9 Å². The Hall–Kier alpha value is -1.12. The highest BCUT2D eigenvalue weighted by molar-refractivity contribution is 6.31. The second kappa shape index (κ2) is 4.81. The lowest BCUT2D eigenvalue weighted by molar-refractivity contribution is 0.595. The van der Waals surface area contributed by atoms with Gasteiger partial charge in [0, 0.05) is 22.8 Å². The summed E-state index contributed by atoms with van der Waals surface area (Å²) in [6, 6.07) is 6.00. The van der Waals surface area contributed by atoms with Crippen molar-refractivity contribution < 1.29 is 0 Å². The summed E-state index contributed by atoms with van der Waals surface area (Å²) in [6.45, 7) is 2.84. The predicted octanol–water partition coefficient (Wildman–Crippen LogP) is 3.03. The number of nitrogens with two attached hydrogens (primary N) is 1. The van der Waals surface area contributed by atoms with Gasteiger partial charge in [-0.15, -0.1) is 0 Å². The normalized spacial score (nSPS) is 12.9. The third kappa shape index (κ3) is 2.34. The van der Waals surface area contributed by atoms with Gasteiger partial charge in [0.05, 0.1) is 0 Å². The molecule has 3 heteroatoms. The molecule has 0 fully saturated rings. The molecule has 2 rings (SSSR count). The molecule has 1 aromatic carbocycles. The monoisotopic (exact) mass is 234 g/mol. The first kappa shape index (κ1) is 11.4. The van der Waals surface area contributed by atoms with Crippen LogP contribution in [0.3, 0.4) is 0 Å². The minimum Gasteiger partial charge on any atom is -0.330 e. The van der Waals surface area contributed by atoms with Gasteiger partial charge in [-0.3, -0.25) is 4.98 Å². The maximum absolute atomic E-state index is 6.09. The number of benzene rings is 1. The molecule has 84 valence electrons. The zero-order valence-electron chi connectivity index (χ0n) is 9.28. The van der Waals surface area contributed by atoms with Crippen LogP contribution in [0.1, 0.15) is 12.5 Å². The minimum absolute atomic E-state index is 0.467. The Kier molecular flexibility index (Phi) is 3.42. The van der Waals surface area contributed by atoms with Crippen LogP contribution in [-0.4, -0.2) is 11.5 Å². The van der Waals surface area contributed by atoms with Crippen LogP contribution < -0.4 is 5.73 Å². The molecule has 16 heavy (non-hydrogen) atoms. The van der Waals surface area contributed by atoms with Crippen molar-refractivity contribution in [3.8, 4) is 0 Å². The highest BCUT2D eigenvalue weighted by Crippen LogP contribution is 2.25. The fourth-order valence-corrected chi connectivity index (χ4v) is 2.13. The lowest BCUT2D eigenvalue weighted by Crippen LogP contribution is -2.13. The molecule has 2 aromatic rings. The smallest absolute Gasteiger partial charge is 0.0415 e. The first-order valence-electron chi connectivity index (χ1n) is 5.43. The van der Waals surface area contributed by atoms with E-state index in [1.165, 1.54) is 10.9 Å². The molecule has 0 spiro atoms. The van der Waals surface area contributed by atoms with Crippen LogP contribution in [0.25, 0.3) is 10.8 Å². The van der Waals surface area contributed by atoms with Gasteiger partial charge in [0.25, 0.3) is 0 Å². The third-order valence-electron chi connectivity index (χ3n) is 2.77. The van der Waals surface area contributed by atoms with Gasteiger partial charge < -0.3 is 5.73 Å². The van der Waals surface area contributed by atoms with Crippen molar-refractivity contribution in [1.82, 2.24) is 4.98 Å². The number of nitrogens with zero attached hydrogens (tertiary/aromatic N) is 1. The van der Waals surface area contributed by atoms with Crippen molar-refractivity contribution in [2.24, 2.45) is 11.7 Å². The fraction of sp³-hybridized carbons (Fsp3) is 0.308. The summed E-state index contributed by atoms with van der Waals surface area (Å²) in [5.74, 6) is 0.467. The summed E-state index contributed by atoms with van der Waals surface area (Å²) in [4.78, 5) is 4.11. The Balaban J connectivity index is 2.50. The lowest BCUT2D eigenvalue weighted by atomic mass is 9.97. The van der Waals surface area contributed by atoms with E-state index in [0.717, 1.165) is 16.8 Å². The molecule has 2 nitrogen and oxygen atoms in total. The van der Waals surface area contributed by atoms with E-state index in [4.69, 9.17) is 17.3 Å². The zero-order chi connectivity index (χ0) is 11.5. The lowest BCUT2D eigenvalue weighted by Gasteiger charge is -2.11. The van der Waals surface area contributed by atoms with Crippen LogP contribution >= 0.6 is 11.6 Å². The van der Waals surface area contributed by atoms with Crippen LogP contribution in [0.15, 0.2) is 30.6 Å². The van der Waals surface area contributed by atoms with E-state index >= 15 is 0 Å². The van der Waals surface area contributed by atoms with Crippen molar-refractivity contribution in [3.63, 3.8) is 0 Å². The molecule has 0 amide bonds. The van der Waals surface area contributed by atoms with Crippen molar-refractivity contribution in [2.75, 3.05) is 6.54 Å². The number of fused-ring (bicyclic) bond motifs is 1. The van der Waals surface area contributed by atoms with Gasteiger partial charge in [0.1, 0.15) is 0 Å². The maximum Gasteiger partial charge on any atom is 0.0415 e. The Morgan fingerprint density at radius 3 is 3.00 bits per heavy atom. The van der Waals surface area contributed by atoms with Crippen molar-refractivity contribution in [3.05, 3.63) is 41.2 Å². The summed E-state index contributed by atoms with van der Waals surface area (Å²) < 4.78 is 0. The molecule has 0 saturated carbocycles. The SMILES string of the molecule is CC(CN)Cc1cc(Cl)cc2cnccc12. The number of hydrogen-bond donors (Lipinski definition) is 1. The summed E-state index contributed by atoms with van der Waals surface area (Å²) >= 11 is 6.09. The summed E-state index contributed by atoms with van der Waals surface area (Å²) in [7, 11) is 0. The van der Waals surface area contributed by atoms with Crippen LogP contribution in [0.4, 0.5) is 0 Å². The highest BCUT2D eigenvalue weighted by Gasteiger charge is 2.07. The van der Waals surface area contributed by atoms with Crippen LogP contribution in [-0.2, 0) is 6.42 Å². The Morgan fingerprint density at radius 2 is 2.25 bits per heavy atom. The molecule has 1 atom stereocenters. The molecule has 0 aliphatic rings. The van der Waals surface area contributed by atoms with Gasteiger partial charge in [0.15, 0.2) is 0 Å². The number of aromatic nitrogens is 1. The molecular weight excluding hydrogens is 220 g/mol. The fourth-order valence-electron chi connectivity index (χ4n) is 1.88. The summed E-state index contributed by atoms with van der Waals surface area (Å²) in [5, 5.41) is 3.08. The standard InChI is InChI=1S/C13H15ClN2/c1-9(7-15)4-10-5-12(14)6-11-8-16-3-2-13(10)11/h2-3,5-6,8-9H,4,7,15H2,1H3. The number of halogens is 1. The van der Waals surface area contributed by atoms with Crippen LogP contribution in [0.5, 0.6) is 0 Å². The molecular formula is C13H15ClN2. The Labute approximate surface area is 100 Å². The van der Waals surface area contributed by atoms with Gasteiger partial charge >= 0.3 is 0 Å². The first-order chi connectivity index (χ1) is 7.70. The van der Waals surface area contributed by atoms with Gasteiger partial charge in [-0.05, 0) is 48.0 Å². The minimum atomic E-state index is 0.467. The molecule has 2 N–H and O–H groups in total. The van der Waals surface area contributed by atoms with E-state index in [-0.39, 0.29) is 0 Å². The Morgan fingerprint density at radius 1 is 1.44 bits per heavy atom. The molecule has 1 aromatic heterocycles. The number of pyridine rings is 1. The second-order valence-electron chi connectivity index (χ2n) is 4.21. The first-order valence-corrected chi connectivity index (χ1v) is 5.80. The summed E-state index contributed by atoms with van der Waals surface area (Å²) in [5.41, 5.74) is 6.91. The molecule has 1 heterocycles. The van der Waals surface area contributed by atoms with Gasteiger partial charge in [-0.25, -0.2) is 0 Å². The van der Waals surface area contributed by atoms with Gasteiger partial charge in [0.2, 0.25) is 0 Å². The number of rotatable bonds is 3. The van der Waals surface area contributed by atoms with Gasteiger partial charge in [-0.2, -0.15) is 0 Å². The Bertz CT molecular complexity index is 496. The predicted molar refractivity (Wildman–Crippen MR) is 68.7 cm³/mol. The molecule has 0 aliphatic heterocycles. The average molecular weight is 235 g/mol.